The Morgan fingerprint density at radius 2 is 1.71 bits per heavy atom. The van der Waals surface area contributed by atoms with Crippen LogP contribution < -0.4 is 5.73 Å². The smallest absolute Gasteiger partial charge is 0.334 e. The number of carbonyl (C=O) groups excluding carboxylic acids is 1. The SMILES string of the molecule is C=CN=C(N)C(C)[C@@H](CC)CC(=C)OCC(C/C(=C/C)C(=O)OC(C)(C)C)O[Si](C)(C)C(C)(C)C. The van der Waals surface area contributed by atoms with Gasteiger partial charge >= 0.3 is 5.97 Å². The summed E-state index contributed by atoms with van der Waals surface area (Å²) in [6.07, 6.45) is 4.98. The molecule has 0 amide bonds. The van der Waals surface area contributed by atoms with Crippen LogP contribution in [0, 0.1) is 11.8 Å². The van der Waals surface area contributed by atoms with Crippen LogP contribution in [0.2, 0.25) is 18.1 Å². The van der Waals surface area contributed by atoms with Gasteiger partial charge in [0.05, 0.1) is 11.9 Å². The highest BCUT2D eigenvalue weighted by molar-refractivity contribution is 6.74. The second-order valence-corrected chi connectivity index (χ2v) is 16.5. The topological polar surface area (TPSA) is 83.1 Å². The fourth-order valence-corrected chi connectivity index (χ4v) is 4.68. The summed E-state index contributed by atoms with van der Waals surface area (Å²) in [7, 11) is -2.11. The zero-order valence-corrected chi connectivity index (χ0v) is 25.3. The van der Waals surface area contributed by atoms with Crippen LogP contribution in [0.3, 0.4) is 0 Å². The van der Waals surface area contributed by atoms with Crippen LogP contribution in [-0.2, 0) is 18.7 Å². The molecule has 0 aromatic carbocycles. The molecule has 0 spiro atoms. The van der Waals surface area contributed by atoms with E-state index >= 15 is 0 Å². The van der Waals surface area contributed by atoms with E-state index in [1.807, 2.05) is 27.7 Å². The Balaban J connectivity index is 5.56. The van der Waals surface area contributed by atoms with E-state index in [0.29, 0.717) is 36.6 Å². The van der Waals surface area contributed by atoms with Gasteiger partial charge in [-0.25, -0.2) is 9.79 Å². The van der Waals surface area contributed by atoms with Gasteiger partial charge in [-0.05, 0) is 51.7 Å². The summed E-state index contributed by atoms with van der Waals surface area (Å²) in [5, 5.41) is 0.0228. The third-order valence-corrected chi connectivity index (χ3v) is 11.2. The van der Waals surface area contributed by atoms with Gasteiger partial charge in [0.1, 0.15) is 18.0 Å². The lowest BCUT2D eigenvalue weighted by Gasteiger charge is -2.39. The first kappa shape index (κ1) is 33.1. The first-order valence-electron chi connectivity index (χ1n) is 12.7. The number of hydrogen-bond donors (Lipinski definition) is 1. The number of rotatable bonds is 14. The first-order valence-corrected chi connectivity index (χ1v) is 15.6. The number of esters is 1. The molecule has 0 rings (SSSR count). The molecular weight excluding hydrogens is 456 g/mol. The van der Waals surface area contributed by atoms with Crippen molar-refractivity contribution in [3.63, 3.8) is 0 Å². The van der Waals surface area contributed by atoms with Gasteiger partial charge in [-0.2, -0.15) is 0 Å². The molecule has 202 valence electrons. The van der Waals surface area contributed by atoms with Crippen LogP contribution in [0.15, 0.2) is 41.8 Å². The number of allylic oxidation sites excluding steroid dienone is 2. The highest BCUT2D eigenvalue weighted by Gasteiger charge is 2.40. The third kappa shape index (κ3) is 12.1. The molecule has 2 N–H and O–H groups in total. The lowest BCUT2D eigenvalue weighted by Crippen LogP contribution is -2.45. The molecule has 6 nitrogen and oxygen atoms in total. The predicted molar refractivity (Wildman–Crippen MR) is 151 cm³/mol. The number of nitrogens with two attached hydrogens (primary N) is 1. The second-order valence-electron chi connectivity index (χ2n) is 11.8. The van der Waals surface area contributed by atoms with E-state index in [9.17, 15) is 4.79 Å². The summed E-state index contributed by atoms with van der Waals surface area (Å²) in [5.74, 6) is 1.25. The number of carbonyl (C=O) groups is 1. The third-order valence-electron chi connectivity index (χ3n) is 6.63. The van der Waals surface area contributed by atoms with Crippen molar-refractivity contribution in [1.82, 2.24) is 0 Å². The summed E-state index contributed by atoms with van der Waals surface area (Å²) in [6, 6.07) is 0. The molecule has 35 heavy (non-hydrogen) atoms. The standard InChI is InChI=1S/C28H52N2O4Si/c1-14-22(21(5)25(29)30-16-3)17-20(4)32-19-24(34-35(12,13)28(9,10)11)18-23(15-2)26(31)33-27(6,7)8/h15-16,21-22,24H,3-4,14,17-19H2,1-2,5-13H3,(H2,29,30)/b23-15-/t21?,22-,24?/m0/s1. The van der Waals surface area contributed by atoms with Crippen molar-refractivity contribution in [2.45, 2.75) is 111 Å². The highest BCUT2D eigenvalue weighted by atomic mass is 28.4. The van der Waals surface area contributed by atoms with Crippen molar-refractivity contribution >= 4 is 20.1 Å². The molecule has 0 aliphatic carbocycles. The Labute approximate surface area is 216 Å². The van der Waals surface area contributed by atoms with E-state index in [2.05, 4.69) is 65.9 Å². The van der Waals surface area contributed by atoms with Crippen molar-refractivity contribution in [2.75, 3.05) is 6.61 Å². The normalized spacial score (nSPS) is 16.3. The van der Waals surface area contributed by atoms with Crippen molar-refractivity contribution in [2.24, 2.45) is 22.6 Å². The van der Waals surface area contributed by atoms with Crippen LogP contribution in [0.1, 0.15) is 81.6 Å². The minimum absolute atomic E-state index is 0.0228. The molecule has 0 radical (unpaired) electrons. The summed E-state index contributed by atoms with van der Waals surface area (Å²) in [6.45, 7) is 30.7. The Morgan fingerprint density at radius 1 is 1.14 bits per heavy atom. The monoisotopic (exact) mass is 508 g/mol. The maximum atomic E-state index is 12.8. The first-order chi connectivity index (χ1) is 15.9. The molecule has 2 unspecified atom stereocenters. The van der Waals surface area contributed by atoms with Gasteiger partial charge in [-0.15, -0.1) is 0 Å². The number of aliphatic imine (C=N–C) groups is 1. The Kier molecular flexibility index (Phi) is 13.3. The van der Waals surface area contributed by atoms with E-state index in [1.54, 1.807) is 6.08 Å². The fraction of sp³-hybridized carbons (Fsp3) is 0.714. The summed E-state index contributed by atoms with van der Waals surface area (Å²) >= 11 is 0. The molecule has 0 saturated carbocycles. The number of nitrogens with zero attached hydrogens (tertiary/aromatic N) is 1. The van der Waals surface area contributed by atoms with E-state index < -0.39 is 13.9 Å². The van der Waals surface area contributed by atoms with Crippen LogP contribution in [-0.4, -0.2) is 38.4 Å². The summed E-state index contributed by atoms with van der Waals surface area (Å²) < 4.78 is 18.4. The fourth-order valence-electron chi connectivity index (χ4n) is 3.34. The second kappa shape index (κ2) is 14.0. The molecule has 0 saturated heterocycles. The number of hydrogen-bond acceptors (Lipinski definition) is 5. The lowest BCUT2D eigenvalue weighted by molar-refractivity contribution is -0.150. The van der Waals surface area contributed by atoms with Gasteiger partial charge in [0.15, 0.2) is 8.32 Å². The minimum Gasteiger partial charge on any atom is -0.496 e. The van der Waals surface area contributed by atoms with E-state index in [0.717, 1.165) is 6.42 Å². The zero-order valence-electron chi connectivity index (χ0n) is 24.3. The highest BCUT2D eigenvalue weighted by Crippen LogP contribution is 2.38. The van der Waals surface area contributed by atoms with Gasteiger partial charge in [0, 0.05) is 30.5 Å². The summed E-state index contributed by atoms with van der Waals surface area (Å²) in [4.78, 5) is 16.9. The van der Waals surface area contributed by atoms with Crippen molar-refractivity contribution in [1.29, 1.82) is 0 Å². The molecule has 0 heterocycles. The van der Waals surface area contributed by atoms with E-state index in [4.69, 9.17) is 19.6 Å². The van der Waals surface area contributed by atoms with Crippen LogP contribution in [0.5, 0.6) is 0 Å². The lowest BCUT2D eigenvalue weighted by atomic mass is 9.87. The van der Waals surface area contributed by atoms with Gasteiger partial charge in [-0.1, -0.05) is 60.3 Å². The van der Waals surface area contributed by atoms with E-state index in [-0.39, 0.29) is 28.9 Å². The van der Waals surface area contributed by atoms with Gasteiger partial charge in [0.25, 0.3) is 0 Å². The largest absolute Gasteiger partial charge is 0.496 e. The molecule has 0 aromatic heterocycles. The number of amidine groups is 1. The Hall–Kier alpha value is -1.86. The maximum absolute atomic E-state index is 12.8. The van der Waals surface area contributed by atoms with Crippen molar-refractivity contribution < 1.29 is 18.7 Å². The summed E-state index contributed by atoms with van der Waals surface area (Å²) in [5.41, 5.74) is 6.13. The molecule has 3 atom stereocenters. The average Bonchev–Trinajstić information content (AvgIpc) is 2.71. The van der Waals surface area contributed by atoms with Crippen LogP contribution in [0.4, 0.5) is 0 Å². The number of ether oxygens (including phenoxy) is 2. The average molecular weight is 509 g/mol. The van der Waals surface area contributed by atoms with Crippen molar-refractivity contribution in [3.8, 4) is 0 Å². The quantitative estimate of drug-likeness (QED) is 0.0673. The molecule has 7 heteroatoms. The zero-order chi connectivity index (χ0) is 27.6. The predicted octanol–water partition coefficient (Wildman–Crippen LogP) is 7.14. The van der Waals surface area contributed by atoms with Crippen LogP contribution >= 0.6 is 0 Å². The maximum Gasteiger partial charge on any atom is 0.334 e. The van der Waals surface area contributed by atoms with Crippen molar-refractivity contribution in [3.05, 3.63) is 36.8 Å². The van der Waals surface area contributed by atoms with Crippen LogP contribution in [0.25, 0.3) is 0 Å². The van der Waals surface area contributed by atoms with Gasteiger partial charge in [0.2, 0.25) is 0 Å². The molecule has 0 fully saturated rings. The molecule has 0 aliphatic rings. The Morgan fingerprint density at radius 3 is 2.14 bits per heavy atom. The Bertz CT molecular complexity index is 773. The van der Waals surface area contributed by atoms with Gasteiger partial charge < -0.3 is 19.6 Å². The minimum atomic E-state index is -2.11. The molecule has 0 aromatic rings. The van der Waals surface area contributed by atoms with E-state index in [1.165, 1.54) is 6.20 Å². The molecule has 0 aliphatic heterocycles. The molecular formula is C28H52N2O4Si. The molecule has 0 bridgehead atoms. The van der Waals surface area contributed by atoms with Gasteiger partial charge in [-0.3, -0.25) is 0 Å².